The van der Waals surface area contributed by atoms with Crippen molar-refractivity contribution in [2.24, 2.45) is 17.8 Å². The topological polar surface area (TPSA) is 59.8 Å². The zero-order valence-corrected chi connectivity index (χ0v) is 13.4. The second kappa shape index (κ2) is 5.50. The predicted molar refractivity (Wildman–Crippen MR) is 85.4 cm³/mol. The highest BCUT2D eigenvalue weighted by molar-refractivity contribution is 7.08. The Labute approximate surface area is 133 Å². The summed E-state index contributed by atoms with van der Waals surface area (Å²) in [6.07, 6.45) is 5.53. The molecule has 4 atom stereocenters. The maximum absolute atomic E-state index is 12.3. The Morgan fingerprint density at radius 1 is 1.55 bits per heavy atom. The third kappa shape index (κ3) is 2.56. The predicted octanol–water partition coefficient (Wildman–Crippen LogP) is 2.73. The zero-order valence-electron chi connectivity index (χ0n) is 12.6. The minimum atomic E-state index is 0.111. The van der Waals surface area contributed by atoms with E-state index in [9.17, 15) is 4.79 Å². The number of amides is 1. The van der Waals surface area contributed by atoms with Crippen LogP contribution >= 0.6 is 11.3 Å². The van der Waals surface area contributed by atoms with Gasteiger partial charge in [0.15, 0.2) is 0 Å². The molecule has 2 aromatic heterocycles. The Morgan fingerprint density at radius 2 is 2.45 bits per heavy atom. The van der Waals surface area contributed by atoms with Gasteiger partial charge in [0.05, 0.1) is 12.2 Å². The molecule has 6 heteroatoms. The van der Waals surface area contributed by atoms with Crippen LogP contribution in [0.4, 0.5) is 0 Å². The lowest BCUT2D eigenvalue weighted by Gasteiger charge is -2.16. The molecule has 1 N–H and O–H groups in total. The van der Waals surface area contributed by atoms with Crippen molar-refractivity contribution >= 4 is 17.2 Å². The van der Waals surface area contributed by atoms with Crippen molar-refractivity contribution in [1.82, 2.24) is 20.3 Å². The molecule has 0 aliphatic heterocycles. The van der Waals surface area contributed by atoms with E-state index < -0.39 is 0 Å². The number of hydrogen-bond acceptors (Lipinski definition) is 4. The quantitative estimate of drug-likeness (QED) is 0.922. The van der Waals surface area contributed by atoms with Crippen LogP contribution in [0.25, 0.3) is 11.3 Å². The lowest BCUT2D eigenvalue weighted by atomic mass is 10.0. The molecule has 0 spiro atoms. The van der Waals surface area contributed by atoms with Crippen LogP contribution in [0.1, 0.15) is 32.2 Å². The highest BCUT2D eigenvalue weighted by atomic mass is 32.1. The standard InChI is InChI=1S/C16H20N4OS/c1-10(7-17-16(21)13-3-2-11-6-14(11)13)20-8-15(18-19-20)12-4-5-22-9-12/h4-5,8-11,13-14H,2-3,6-7H2,1H3,(H,17,21)/t10?,11-,13-,14+/m1/s1. The number of hydrogen-bond donors (Lipinski definition) is 1. The van der Waals surface area contributed by atoms with E-state index in [0.717, 1.165) is 23.6 Å². The minimum absolute atomic E-state index is 0.111. The van der Waals surface area contributed by atoms with Crippen LogP contribution in [0.5, 0.6) is 0 Å². The number of nitrogens with zero attached hydrogens (tertiary/aromatic N) is 3. The van der Waals surface area contributed by atoms with Gasteiger partial charge < -0.3 is 5.32 Å². The van der Waals surface area contributed by atoms with Gasteiger partial charge in [0.2, 0.25) is 5.91 Å². The largest absolute Gasteiger partial charge is 0.354 e. The lowest BCUT2D eigenvalue weighted by molar-refractivity contribution is -0.125. The van der Waals surface area contributed by atoms with Crippen molar-refractivity contribution < 1.29 is 4.79 Å². The second-order valence-corrected chi connectivity index (χ2v) is 7.31. The number of fused-ring (bicyclic) bond motifs is 1. The maximum Gasteiger partial charge on any atom is 0.223 e. The van der Waals surface area contributed by atoms with Gasteiger partial charge in [-0.1, -0.05) is 5.21 Å². The summed E-state index contributed by atoms with van der Waals surface area (Å²) in [7, 11) is 0. The number of rotatable bonds is 5. The minimum Gasteiger partial charge on any atom is -0.354 e. The number of carbonyl (C=O) groups excluding carboxylic acids is 1. The van der Waals surface area contributed by atoms with Crippen molar-refractivity contribution in [3.63, 3.8) is 0 Å². The molecule has 2 fully saturated rings. The molecule has 0 saturated heterocycles. The van der Waals surface area contributed by atoms with Crippen molar-refractivity contribution in [2.75, 3.05) is 6.54 Å². The summed E-state index contributed by atoms with van der Waals surface area (Å²) in [4.78, 5) is 12.3. The number of thiophene rings is 1. The van der Waals surface area contributed by atoms with Crippen molar-refractivity contribution in [3.05, 3.63) is 23.0 Å². The van der Waals surface area contributed by atoms with E-state index in [2.05, 4.69) is 27.9 Å². The van der Waals surface area contributed by atoms with Crippen LogP contribution < -0.4 is 5.32 Å². The molecule has 2 aliphatic rings. The van der Waals surface area contributed by atoms with E-state index in [-0.39, 0.29) is 17.9 Å². The van der Waals surface area contributed by atoms with Crippen LogP contribution in [0.2, 0.25) is 0 Å². The van der Waals surface area contributed by atoms with Crippen LogP contribution in [0.15, 0.2) is 23.0 Å². The molecule has 2 aliphatic carbocycles. The van der Waals surface area contributed by atoms with E-state index in [0.29, 0.717) is 12.5 Å². The lowest BCUT2D eigenvalue weighted by Crippen LogP contribution is -2.34. The van der Waals surface area contributed by atoms with Crippen LogP contribution in [0, 0.1) is 17.8 Å². The van der Waals surface area contributed by atoms with Crippen LogP contribution in [-0.4, -0.2) is 27.4 Å². The fourth-order valence-electron chi connectivity index (χ4n) is 3.54. The first kappa shape index (κ1) is 13.9. The molecule has 1 unspecified atom stereocenters. The summed E-state index contributed by atoms with van der Waals surface area (Å²) in [5.74, 6) is 2.01. The molecule has 22 heavy (non-hydrogen) atoms. The summed E-state index contributed by atoms with van der Waals surface area (Å²) >= 11 is 1.65. The Bertz CT molecular complexity index is 666. The van der Waals surface area contributed by atoms with Gasteiger partial charge in [0.1, 0.15) is 5.69 Å². The highest BCUT2D eigenvalue weighted by Crippen LogP contribution is 2.55. The van der Waals surface area contributed by atoms with E-state index in [1.54, 1.807) is 11.3 Å². The van der Waals surface area contributed by atoms with Crippen molar-refractivity contribution in [2.45, 2.75) is 32.2 Å². The third-order valence-corrected chi connectivity index (χ3v) is 5.71. The average molecular weight is 316 g/mol. The molecule has 2 aromatic rings. The number of carbonyl (C=O) groups is 1. The highest BCUT2D eigenvalue weighted by Gasteiger charge is 2.50. The van der Waals surface area contributed by atoms with E-state index >= 15 is 0 Å². The molecule has 116 valence electrons. The molecule has 4 rings (SSSR count). The SMILES string of the molecule is CC(CNC(=O)[C@@H]1CC[C@@H]2C[C@@H]21)n1cc(-c2ccsc2)nn1. The Balaban J connectivity index is 1.34. The summed E-state index contributed by atoms with van der Waals surface area (Å²) in [6, 6.07) is 2.15. The van der Waals surface area contributed by atoms with Gasteiger partial charge in [0, 0.05) is 23.4 Å². The van der Waals surface area contributed by atoms with Gasteiger partial charge in [-0.15, -0.1) is 5.10 Å². The van der Waals surface area contributed by atoms with Crippen LogP contribution in [-0.2, 0) is 4.79 Å². The Hall–Kier alpha value is -1.69. The van der Waals surface area contributed by atoms with Crippen LogP contribution in [0.3, 0.4) is 0 Å². The molecule has 0 aromatic carbocycles. The molecule has 5 nitrogen and oxygen atoms in total. The maximum atomic E-state index is 12.3. The summed E-state index contributed by atoms with van der Waals surface area (Å²) in [5.41, 5.74) is 1.98. The summed E-state index contributed by atoms with van der Waals surface area (Å²) in [6.45, 7) is 2.67. The van der Waals surface area contributed by atoms with Gasteiger partial charge >= 0.3 is 0 Å². The van der Waals surface area contributed by atoms with Crippen molar-refractivity contribution in [3.8, 4) is 11.3 Å². The normalized spacial score (nSPS) is 27.4. The molecule has 2 saturated carbocycles. The Kier molecular flexibility index (Phi) is 3.48. The molecule has 0 bridgehead atoms. The van der Waals surface area contributed by atoms with E-state index in [4.69, 9.17) is 0 Å². The van der Waals surface area contributed by atoms with Gasteiger partial charge in [-0.2, -0.15) is 11.3 Å². The fourth-order valence-corrected chi connectivity index (χ4v) is 4.19. The summed E-state index contributed by atoms with van der Waals surface area (Å²) in [5, 5.41) is 15.6. The second-order valence-electron chi connectivity index (χ2n) is 6.53. The van der Waals surface area contributed by atoms with E-state index in [1.165, 1.54) is 12.8 Å². The average Bonchev–Trinajstić information content (AvgIpc) is 3.02. The summed E-state index contributed by atoms with van der Waals surface area (Å²) < 4.78 is 1.84. The molecular weight excluding hydrogens is 296 g/mol. The van der Waals surface area contributed by atoms with E-state index in [1.807, 2.05) is 22.3 Å². The van der Waals surface area contributed by atoms with Gasteiger partial charge in [-0.05, 0) is 49.5 Å². The molecule has 2 heterocycles. The van der Waals surface area contributed by atoms with Gasteiger partial charge in [-0.3, -0.25) is 4.79 Å². The van der Waals surface area contributed by atoms with Gasteiger partial charge in [-0.25, -0.2) is 4.68 Å². The first-order chi connectivity index (χ1) is 10.7. The van der Waals surface area contributed by atoms with Crippen molar-refractivity contribution in [1.29, 1.82) is 0 Å². The number of nitrogens with one attached hydrogen (secondary N) is 1. The smallest absolute Gasteiger partial charge is 0.223 e. The van der Waals surface area contributed by atoms with Gasteiger partial charge in [0.25, 0.3) is 0 Å². The first-order valence-corrected chi connectivity index (χ1v) is 8.89. The fraction of sp³-hybridized carbons (Fsp3) is 0.562. The molecular formula is C16H20N4OS. The molecule has 0 radical (unpaired) electrons. The first-order valence-electron chi connectivity index (χ1n) is 7.94. The monoisotopic (exact) mass is 316 g/mol. The zero-order chi connectivity index (χ0) is 15.1. The third-order valence-electron chi connectivity index (χ3n) is 5.03. The Morgan fingerprint density at radius 3 is 3.14 bits per heavy atom. The molecule has 1 amide bonds. The number of aromatic nitrogens is 3.